The molecule has 2 unspecified atom stereocenters. The highest BCUT2D eigenvalue weighted by atomic mass is 16.4. The van der Waals surface area contributed by atoms with Crippen molar-refractivity contribution < 1.29 is 19.8 Å². The molecule has 2 atom stereocenters. The predicted octanol–water partition coefficient (Wildman–Crippen LogP) is 0.606. The van der Waals surface area contributed by atoms with Crippen LogP contribution >= 0.6 is 0 Å². The Morgan fingerprint density at radius 3 is 2.50 bits per heavy atom. The second-order valence-corrected chi connectivity index (χ2v) is 5.12. The van der Waals surface area contributed by atoms with E-state index in [4.69, 9.17) is 0 Å². The zero-order valence-corrected chi connectivity index (χ0v) is 11.2. The Morgan fingerprint density at radius 1 is 1.50 bits per heavy atom. The molecule has 1 rings (SSSR count). The highest BCUT2D eigenvalue weighted by molar-refractivity contribution is 5.79. The molecule has 0 aliphatic carbocycles. The van der Waals surface area contributed by atoms with Crippen molar-refractivity contribution in [3.63, 3.8) is 0 Å². The first-order valence-electron chi connectivity index (χ1n) is 6.24. The van der Waals surface area contributed by atoms with Gasteiger partial charge in [-0.3, -0.25) is 4.79 Å². The molecule has 1 fully saturated rings. The van der Waals surface area contributed by atoms with Gasteiger partial charge < -0.3 is 20.0 Å². The van der Waals surface area contributed by atoms with Gasteiger partial charge in [-0.1, -0.05) is 6.92 Å². The minimum atomic E-state index is -0.835. The minimum absolute atomic E-state index is 0.215. The highest BCUT2D eigenvalue weighted by Crippen LogP contribution is 2.34. The van der Waals surface area contributed by atoms with Crippen molar-refractivity contribution in [2.24, 2.45) is 5.41 Å². The average molecular weight is 258 g/mol. The average Bonchev–Trinajstić information content (AvgIpc) is 2.72. The summed E-state index contributed by atoms with van der Waals surface area (Å²) in [5.41, 5.74) is -0.804. The number of rotatable bonds is 4. The van der Waals surface area contributed by atoms with Gasteiger partial charge in [-0.05, 0) is 19.8 Å². The highest BCUT2D eigenvalue weighted by Gasteiger charge is 2.45. The van der Waals surface area contributed by atoms with Crippen molar-refractivity contribution in [1.29, 1.82) is 0 Å². The Morgan fingerprint density at radius 2 is 2.11 bits per heavy atom. The van der Waals surface area contributed by atoms with Crippen LogP contribution in [-0.4, -0.2) is 64.8 Å². The summed E-state index contributed by atoms with van der Waals surface area (Å²) < 4.78 is 0. The zero-order valence-electron chi connectivity index (χ0n) is 11.2. The molecule has 1 aliphatic rings. The van der Waals surface area contributed by atoms with Gasteiger partial charge in [0.2, 0.25) is 0 Å². The maximum absolute atomic E-state index is 12.1. The molecule has 6 heteroatoms. The number of amides is 2. The fourth-order valence-corrected chi connectivity index (χ4v) is 2.37. The predicted molar refractivity (Wildman–Crippen MR) is 66.3 cm³/mol. The first kappa shape index (κ1) is 14.8. The van der Waals surface area contributed by atoms with Gasteiger partial charge in [0, 0.05) is 26.7 Å². The number of aliphatic carboxylic acids is 1. The largest absolute Gasteiger partial charge is 0.481 e. The number of likely N-dealkylation sites (N-methyl/N-ethyl adjacent to an activating group) is 1. The quantitative estimate of drug-likeness (QED) is 0.774. The summed E-state index contributed by atoms with van der Waals surface area (Å²) in [5, 5.41) is 18.5. The number of carboxylic acid groups (broad SMARTS) is 1. The summed E-state index contributed by atoms with van der Waals surface area (Å²) in [4.78, 5) is 26.3. The van der Waals surface area contributed by atoms with Crippen LogP contribution in [0.3, 0.4) is 0 Å². The van der Waals surface area contributed by atoms with E-state index in [-0.39, 0.29) is 19.1 Å². The number of carboxylic acids is 1. The summed E-state index contributed by atoms with van der Waals surface area (Å²) in [6.45, 7) is 4.41. The monoisotopic (exact) mass is 258 g/mol. The van der Waals surface area contributed by atoms with E-state index >= 15 is 0 Å². The van der Waals surface area contributed by atoms with Crippen molar-refractivity contribution >= 4 is 12.0 Å². The second kappa shape index (κ2) is 5.56. The molecule has 18 heavy (non-hydrogen) atoms. The Labute approximate surface area is 107 Å². The van der Waals surface area contributed by atoms with Crippen LogP contribution in [0.15, 0.2) is 0 Å². The summed E-state index contributed by atoms with van der Waals surface area (Å²) in [6, 6.07) is -0.215. The summed E-state index contributed by atoms with van der Waals surface area (Å²) in [7, 11) is 1.61. The van der Waals surface area contributed by atoms with Gasteiger partial charge in [-0.25, -0.2) is 4.79 Å². The zero-order chi connectivity index (χ0) is 13.9. The van der Waals surface area contributed by atoms with E-state index in [1.54, 1.807) is 18.9 Å². The van der Waals surface area contributed by atoms with Gasteiger partial charge in [0.1, 0.15) is 0 Å². The van der Waals surface area contributed by atoms with Crippen LogP contribution in [0.5, 0.6) is 0 Å². The van der Waals surface area contributed by atoms with Gasteiger partial charge in [0.05, 0.1) is 11.5 Å². The lowest BCUT2D eigenvalue weighted by atomic mass is 9.84. The molecular weight excluding hydrogens is 236 g/mol. The minimum Gasteiger partial charge on any atom is -0.481 e. The van der Waals surface area contributed by atoms with Gasteiger partial charge in [0.15, 0.2) is 0 Å². The first-order valence-corrected chi connectivity index (χ1v) is 6.24. The fourth-order valence-electron chi connectivity index (χ4n) is 2.37. The first-order chi connectivity index (χ1) is 8.32. The standard InChI is InChI=1S/C12H22N2O4/c1-4-12(10(16)17)5-6-14(8-12)11(18)13(3)7-9(2)15/h9,15H,4-8H2,1-3H3,(H,16,17). The van der Waals surface area contributed by atoms with Crippen molar-refractivity contribution in [3.05, 3.63) is 0 Å². The van der Waals surface area contributed by atoms with Crippen LogP contribution in [0.1, 0.15) is 26.7 Å². The number of hydrogen-bond acceptors (Lipinski definition) is 3. The lowest BCUT2D eigenvalue weighted by molar-refractivity contribution is -0.148. The van der Waals surface area contributed by atoms with Crippen molar-refractivity contribution in [2.75, 3.05) is 26.7 Å². The Bertz CT molecular complexity index is 332. The molecule has 6 nitrogen and oxygen atoms in total. The molecule has 0 aromatic rings. The van der Waals surface area contributed by atoms with E-state index in [1.807, 2.05) is 6.92 Å². The number of hydrogen-bond donors (Lipinski definition) is 2. The number of nitrogens with zero attached hydrogens (tertiary/aromatic N) is 2. The van der Waals surface area contributed by atoms with Crippen molar-refractivity contribution in [2.45, 2.75) is 32.8 Å². The molecule has 1 heterocycles. The van der Waals surface area contributed by atoms with E-state index in [0.717, 1.165) is 0 Å². The fraction of sp³-hybridized carbons (Fsp3) is 0.833. The maximum Gasteiger partial charge on any atom is 0.319 e. The Balaban J connectivity index is 2.66. The molecule has 1 saturated heterocycles. The molecule has 1 aliphatic heterocycles. The molecule has 2 amide bonds. The van der Waals surface area contributed by atoms with Gasteiger partial charge in [-0.2, -0.15) is 0 Å². The number of urea groups is 1. The summed E-state index contributed by atoms with van der Waals surface area (Å²) in [6.07, 6.45) is 0.427. The van der Waals surface area contributed by atoms with Crippen molar-refractivity contribution in [3.8, 4) is 0 Å². The van der Waals surface area contributed by atoms with E-state index in [2.05, 4.69) is 0 Å². The van der Waals surface area contributed by atoms with Gasteiger partial charge in [0.25, 0.3) is 0 Å². The van der Waals surface area contributed by atoms with E-state index in [9.17, 15) is 19.8 Å². The number of aliphatic hydroxyl groups is 1. The molecule has 0 radical (unpaired) electrons. The lowest BCUT2D eigenvalue weighted by Crippen LogP contribution is -2.44. The van der Waals surface area contributed by atoms with Crippen LogP contribution in [0.4, 0.5) is 4.79 Å². The smallest absolute Gasteiger partial charge is 0.319 e. The second-order valence-electron chi connectivity index (χ2n) is 5.12. The van der Waals surface area contributed by atoms with E-state index in [1.165, 1.54) is 4.90 Å². The Kier molecular flexibility index (Phi) is 4.56. The topological polar surface area (TPSA) is 81.1 Å². The summed E-state index contributed by atoms with van der Waals surface area (Å²) >= 11 is 0. The molecule has 2 N–H and O–H groups in total. The molecule has 0 spiro atoms. The molecular formula is C12H22N2O4. The van der Waals surface area contributed by atoms with Gasteiger partial charge >= 0.3 is 12.0 Å². The molecule has 104 valence electrons. The number of carbonyl (C=O) groups is 2. The van der Waals surface area contributed by atoms with Crippen LogP contribution in [0.2, 0.25) is 0 Å². The molecule has 0 aromatic carbocycles. The Hall–Kier alpha value is -1.30. The van der Waals surface area contributed by atoms with Crippen LogP contribution in [0, 0.1) is 5.41 Å². The number of likely N-dealkylation sites (tertiary alicyclic amines) is 1. The van der Waals surface area contributed by atoms with E-state index < -0.39 is 17.5 Å². The van der Waals surface area contributed by atoms with Gasteiger partial charge in [-0.15, -0.1) is 0 Å². The molecule has 0 bridgehead atoms. The normalized spacial score (nSPS) is 25.0. The SMILES string of the molecule is CCC1(C(=O)O)CCN(C(=O)N(C)CC(C)O)C1. The third-order valence-corrected chi connectivity index (χ3v) is 3.62. The van der Waals surface area contributed by atoms with Crippen LogP contribution < -0.4 is 0 Å². The lowest BCUT2D eigenvalue weighted by Gasteiger charge is -2.27. The maximum atomic E-state index is 12.1. The van der Waals surface area contributed by atoms with Crippen molar-refractivity contribution in [1.82, 2.24) is 9.80 Å². The van der Waals surface area contributed by atoms with Crippen LogP contribution in [0.25, 0.3) is 0 Å². The third-order valence-electron chi connectivity index (χ3n) is 3.62. The number of aliphatic hydroxyl groups excluding tert-OH is 1. The molecule has 0 saturated carbocycles. The van der Waals surface area contributed by atoms with Crippen LogP contribution in [-0.2, 0) is 4.79 Å². The number of carbonyl (C=O) groups excluding carboxylic acids is 1. The van der Waals surface area contributed by atoms with E-state index in [0.29, 0.717) is 19.4 Å². The third kappa shape index (κ3) is 2.93. The summed E-state index contributed by atoms with van der Waals surface area (Å²) in [5.74, 6) is -0.835. The molecule has 0 aromatic heterocycles.